The summed E-state index contributed by atoms with van der Waals surface area (Å²) in [5.74, 6) is 0.260. The first-order valence-electron chi connectivity index (χ1n) is 9.10. The van der Waals surface area contributed by atoms with Gasteiger partial charge < -0.3 is 5.32 Å². The molecule has 0 aliphatic carbocycles. The highest BCUT2D eigenvalue weighted by Gasteiger charge is 2.16. The number of benzene rings is 2. The van der Waals surface area contributed by atoms with E-state index in [9.17, 15) is 4.79 Å². The summed E-state index contributed by atoms with van der Waals surface area (Å²) >= 11 is 1.39. The highest BCUT2D eigenvalue weighted by atomic mass is 32.2. The third kappa shape index (κ3) is 4.40. The van der Waals surface area contributed by atoms with E-state index in [4.69, 9.17) is 0 Å². The van der Waals surface area contributed by atoms with Crippen molar-refractivity contribution in [3.05, 3.63) is 96.2 Å². The molecule has 140 valence electrons. The van der Waals surface area contributed by atoms with Gasteiger partial charge in [-0.05, 0) is 29.7 Å². The monoisotopic (exact) mass is 388 g/mol. The maximum Gasteiger partial charge on any atom is 0.230 e. The third-order valence-electron chi connectivity index (χ3n) is 4.43. The molecule has 1 unspecified atom stereocenters. The second-order valence-corrected chi connectivity index (χ2v) is 7.36. The van der Waals surface area contributed by atoms with Gasteiger partial charge in [0.1, 0.15) is 0 Å². The fraction of sp³-hybridized carbons (Fsp3) is 0.136. The lowest BCUT2D eigenvalue weighted by Crippen LogP contribution is -2.31. The van der Waals surface area contributed by atoms with Crippen LogP contribution in [0.3, 0.4) is 0 Å². The van der Waals surface area contributed by atoms with Crippen LogP contribution in [0, 0.1) is 0 Å². The Morgan fingerprint density at radius 2 is 1.64 bits per heavy atom. The molecule has 1 amide bonds. The molecule has 0 spiro atoms. The van der Waals surface area contributed by atoms with Gasteiger partial charge in [0.05, 0.1) is 11.8 Å². The molecule has 0 saturated heterocycles. The third-order valence-corrected chi connectivity index (χ3v) is 5.38. The van der Waals surface area contributed by atoms with Crippen LogP contribution < -0.4 is 5.32 Å². The summed E-state index contributed by atoms with van der Waals surface area (Å²) in [6, 6.07) is 25.9. The topological polar surface area (TPSA) is 59.3 Å². The molecule has 0 bridgehead atoms. The number of fused-ring (bicyclic) bond motifs is 1. The minimum absolute atomic E-state index is 0.0255. The summed E-state index contributed by atoms with van der Waals surface area (Å²) in [6.07, 6.45) is 2.65. The maximum absolute atomic E-state index is 12.7. The van der Waals surface area contributed by atoms with E-state index in [-0.39, 0.29) is 17.7 Å². The summed E-state index contributed by atoms with van der Waals surface area (Å²) in [6.45, 7) is 0. The van der Waals surface area contributed by atoms with E-state index in [2.05, 4.69) is 27.6 Å². The Labute approximate surface area is 167 Å². The highest BCUT2D eigenvalue weighted by molar-refractivity contribution is 7.99. The van der Waals surface area contributed by atoms with Gasteiger partial charge in [-0.2, -0.15) is 0 Å². The minimum Gasteiger partial charge on any atom is -0.348 e. The summed E-state index contributed by atoms with van der Waals surface area (Å²) in [4.78, 5) is 12.7. The number of rotatable bonds is 7. The molecule has 0 saturated carbocycles. The van der Waals surface area contributed by atoms with E-state index >= 15 is 0 Å². The molecule has 6 heteroatoms. The lowest BCUT2D eigenvalue weighted by molar-refractivity contribution is -0.119. The molecule has 2 heterocycles. The number of carbonyl (C=O) groups is 1. The van der Waals surface area contributed by atoms with Gasteiger partial charge in [0, 0.05) is 6.20 Å². The minimum atomic E-state index is -0.0770. The first kappa shape index (κ1) is 18.3. The lowest BCUT2D eigenvalue weighted by Gasteiger charge is -2.19. The van der Waals surface area contributed by atoms with E-state index in [1.54, 1.807) is 0 Å². The fourth-order valence-corrected chi connectivity index (χ4v) is 3.81. The Bertz CT molecular complexity index is 1050. The predicted octanol–water partition coefficient (Wildman–Crippen LogP) is 3.92. The van der Waals surface area contributed by atoms with Crippen molar-refractivity contribution in [2.75, 3.05) is 5.75 Å². The molecule has 28 heavy (non-hydrogen) atoms. The number of amides is 1. The van der Waals surface area contributed by atoms with Crippen molar-refractivity contribution in [2.24, 2.45) is 0 Å². The normalized spacial score (nSPS) is 12.0. The second kappa shape index (κ2) is 8.71. The number of pyridine rings is 1. The van der Waals surface area contributed by atoms with Crippen molar-refractivity contribution >= 4 is 23.3 Å². The summed E-state index contributed by atoms with van der Waals surface area (Å²) in [5, 5.41) is 12.2. The van der Waals surface area contributed by atoms with Gasteiger partial charge >= 0.3 is 0 Å². The molecule has 4 aromatic rings. The van der Waals surface area contributed by atoms with Crippen LogP contribution in [-0.4, -0.2) is 26.3 Å². The first-order valence-corrected chi connectivity index (χ1v) is 10.1. The van der Waals surface area contributed by atoms with Crippen LogP contribution in [0.25, 0.3) is 5.65 Å². The average Bonchev–Trinajstić information content (AvgIpc) is 3.16. The molecule has 0 aliphatic rings. The molecule has 2 aromatic heterocycles. The molecular formula is C22H20N4OS. The summed E-state index contributed by atoms with van der Waals surface area (Å²) < 4.78 is 1.89. The number of hydrogen-bond acceptors (Lipinski definition) is 4. The van der Waals surface area contributed by atoms with Crippen LogP contribution in [0.1, 0.15) is 17.2 Å². The average molecular weight is 388 g/mol. The second-order valence-electron chi connectivity index (χ2n) is 6.42. The standard InChI is InChI=1S/C22H20N4OS/c27-21(16-28-22-25-24-20-13-7-8-14-26(20)22)23-19(18-11-5-2-6-12-18)15-17-9-3-1-4-10-17/h1-14,19H,15-16H2,(H,23,27). The zero-order chi connectivity index (χ0) is 19.2. The Hall–Kier alpha value is -3.12. The van der Waals surface area contributed by atoms with Crippen LogP contribution in [0.15, 0.2) is 90.2 Å². The van der Waals surface area contributed by atoms with E-state index in [0.29, 0.717) is 5.16 Å². The first-order chi connectivity index (χ1) is 13.8. The van der Waals surface area contributed by atoms with Crippen molar-refractivity contribution in [1.82, 2.24) is 19.9 Å². The van der Waals surface area contributed by atoms with Gasteiger partial charge in [0.25, 0.3) is 0 Å². The summed E-state index contributed by atoms with van der Waals surface area (Å²) in [5.41, 5.74) is 3.06. The number of aromatic nitrogens is 3. The number of thioether (sulfide) groups is 1. The van der Waals surface area contributed by atoms with Gasteiger partial charge in [-0.3, -0.25) is 9.20 Å². The lowest BCUT2D eigenvalue weighted by atomic mass is 9.99. The molecule has 0 radical (unpaired) electrons. The molecule has 0 fully saturated rings. The van der Waals surface area contributed by atoms with Gasteiger partial charge in [-0.15, -0.1) is 10.2 Å². The van der Waals surface area contributed by atoms with E-state index < -0.39 is 0 Å². The SMILES string of the molecule is O=C(CSc1nnc2ccccn12)NC(Cc1ccccc1)c1ccccc1. The maximum atomic E-state index is 12.7. The van der Waals surface area contributed by atoms with Crippen molar-refractivity contribution < 1.29 is 4.79 Å². The zero-order valence-electron chi connectivity index (χ0n) is 15.2. The number of nitrogens with zero attached hydrogens (tertiary/aromatic N) is 3. The van der Waals surface area contributed by atoms with Crippen LogP contribution in [-0.2, 0) is 11.2 Å². The van der Waals surface area contributed by atoms with Gasteiger partial charge in [-0.25, -0.2) is 0 Å². The Balaban J connectivity index is 1.44. The van der Waals surface area contributed by atoms with E-state index in [0.717, 1.165) is 17.6 Å². The molecule has 0 aliphatic heterocycles. The zero-order valence-corrected chi connectivity index (χ0v) is 16.0. The molecule has 4 rings (SSSR count). The number of carbonyl (C=O) groups excluding carboxylic acids is 1. The van der Waals surface area contributed by atoms with Crippen molar-refractivity contribution in [3.8, 4) is 0 Å². The number of hydrogen-bond donors (Lipinski definition) is 1. The smallest absolute Gasteiger partial charge is 0.230 e. The van der Waals surface area contributed by atoms with Crippen LogP contribution in [0.2, 0.25) is 0 Å². The van der Waals surface area contributed by atoms with Crippen molar-refractivity contribution in [1.29, 1.82) is 0 Å². The molecule has 1 atom stereocenters. The molecule has 5 nitrogen and oxygen atoms in total. The Morgan fingerprint density at radius 3 is 2.43 bits per heavy atom. The van der Waals surface area contributed by atoms with Gasteiger partial charge in [-0.1, -0.05) is 78.5 Å². The van der Waals surface area contributed by atoms with Crippen molar-refractivity contribution in [3.63, 3.8) is 0 Å². The van der Waals surface area contributed by atoms with E-state index in [1.165, 1.54) is 17.3 Å². The van der Waals surface area contributed by atoms with Crippen LogP contribution >= 0.6 is 11.8 Å². The highest BCUT2D eigenvalue weighted by Crippen LogP contribution is 2.20. The summed E-state index contributed by atoms with van der Waals surface area (Å²) in [7, 11) is 0. The fourth-order valence-electron chi connectivity index (χ4n) is 3.07. The Morgan fingerprint density at radius 1 is 0.929 bits per heavy atom. The van der Waals surface area contributed by atoms with Crippen molar-refractivity contribution in [2.45, 2.75) is 17.6 Å². The Kier molecular flexibility index (Phi) is 5.68. The number of nitrogens with one attached hydrogen (secondary N) is 1. The van der Waals surface area contributed by atoms with Gasteiger partial charge in [0.15, 0.2) is 10.8 Å². The van der Waals surface area contributed by atoms with E-state index in [1.807, 2.05) is 77.3 Å². The quantitative estimate of drug-likeness (QED) is 0.488. The molecular weight excluding hydrogens is 368 g/mol. The predicted molar refractivity (Wildman–Crippen MR) is 111 cm³/mol. The molecule has 1 N–H and O–H groups in total. The largest absolute Gasteiger partial charge is 0.348 e. The molecule has 2 aromatic carbocycles. The van der Waals surface area contributed by atoms with Crippen LogP contribution in [0.4, 0.5) is 0 Å². The van der Waals surface area contributed by atoms with Gasteiger partial charge in [0.2, 0.25) is 5.91 Å². The van der Waals surface area contributed by atoms with Crippen LogP contribution in [0.5, 0.6) is 0 Å².